The Morgan fingerprint density at radius 1 is 1.44 bits per heavy atom. The zero-order chi connectivity index (χ0) is 11.1. The Morgan fingerprint density at radius 3 is 2.88 bits per heavy atom. The largest absolute Gasteiger partial charge is 0.450 e. The van der Waals surface area contributed by atoms with Gasteiger partial charge in [-0.1, -0.05) is 12.1 Å². The van der Waals surface area contributed by atoms with Crippen molar-refractivity contribution in [3.63, 3.8) is 0 Å². The first-order valence-electron chi connectivity index (χ1n) is 5.19. The van der Waals surface area contributed by atoms with E-state index >= 15 is 0 Å². The molecular formula is C12H10FNO2. The van der Waals surface area contributed by atoms with Crippen molar-refractivity contribution in [1.29, 1.82) is 0 Å². The number of halogens is 1. The highest BCUT2D eigenvalue weighted by atomic mass is 19.1. The normalized spacial score (nSPS) is 16.3. The second-order valence-electron chi connectivity index (χ2n) is 3.99. The van der Waals surface area contributed by atoms with Crippen LogP contribution in [0.4, 0.5) is 4.39 Å². The number of hydrogen-bond donors (Lipinski definition) is 1. The minimum absolute atomic E-state index is 0.0244. The van der Waals surface area contributed by atoms with Crippen molar-refractivity contribution >= 4 is 16.8 Å². The van der Waals surface area contributed by atoms with Gasteiger partial charge in [-0.15, -0.1) is 0 Å². The lowest BCUT2D eigenvalue weighted by molar-refractivity contribution is 0.0851. The topological polar surface area (TPSA) is 42.2 Å². The maximum atomic E-state index is 13.3. The molecule has 16 heavy (non-hydrogen) atoms. The lowest BCUT2D eigenvalue weighted by Gasteiger charge is -2.24. The number of hydrogen-bond acceptors (Lipinski definition) is 3. The number of furan rings is 1. The van der Waals surface area contributed by atoms with Crippen molar-refractivity contribution in [3.8, 4) is 0 Å². The van der Waals surface area contributed by atoms with E-state index in [9.17, 15) is 9.18 Å². The number of ketones is 1. The predicted molar refractivity (Wildman–Crippen MR) is 56.9 cm³/mol. The van der Waals surface area contributed by atoms with E-state index in [1.54, 1.807) is 18.2 Å². The smallest absolute Gasteiger partial charge is 0.203 e. The minimum Gasteiger partial charge on any atom is -0.450 e. The van der Waals surface area contributed by atoms with Crippen LogP contribution in [0.1, 0.15) is 10.6 Å². The highest BCUT2D eigenvalue weighted by Gasteiger charge is 2.28. The first kappa shape index (κ1) is 9.54. The van der Waals surface area contributed by atoms with E-state index in [-0.39, 0.29) is 23.0 Å². The number of carbonyl (C=O) groups excluding carboxylic acids is 1. The number of para-hydroxylation sites is 1. The number of nitrogens with one attached hydrogen (secondary N) is 1. The molecule has 1 aromatic carbocycles. The van der Waals surface area contributed by atoms with Crippen molar-refractivity contribution in [2.75, 3.05) is 13.1 Å². The molecule has 3 rings (SSSR count). The summed E-state index contributed by atoms with van der Waals surface area (Å²) in [7, 11) is 0. The van der Waals surface area contributed by atoms with Crippen molar-refractivity contribution in [2.45, 2.75) is 0 Å². The molecule has 1 aromatic heterocycles. The van der Waals surface area contributed by atoms with Gasteiger partial charge in [-0.05, 0) is 12.1 Å². The third-order valence-electron chi connectivity index (χ3n) is 2.89. The average Bonchev–Trinajstić information content (AvgIpc) is 2.60. The van der Waals surface area contributed by atoms with Crippen LogP contribution in [0.3, 0.4) is 0 Å². The fourth-order valence-electron chi connectivity index (χ4n) is 1.82. The molecule has 0 radical (unpaired) electrons. The molecule has 1 aliphatic rings. The molecule has 1 saturated heterocycles. The monoisotopic (exact) mass is 219 g/mol. The first-order valence-corrected chi connectivity index (χ1v) is 5.19. The van der Waals surface area contributed by atoms with Gasteiger partial charge in [-0.3, -0.25) is 4.79 Å². The Hall–Kier alpha value is -1.68. The Balaban J connectivity index is 2.04. The first-order chi connectivity index (χ1) is 7.75. The van der Waals surface area contributed by atoms with Crippen molar-refractivity contribution < 1.29 is 13.6 Å². The number of benzene rings is 1. The molecule has 0 saturated carbocycles. The van der Waals surface area contributed by atoms with Gasteiger partial charge in [0, 0.05) is 18.5 Å². The van der Waals surface area contributed by atoms with Gasteiger partial charge in [0.25, 0.3) is 0 Å². The molecule has 0 unspecified atom stereocenters. The summed E-state index contributed by atoms with van der Waals surface area (Å²) in [6.07, 6.45) is 0. The maximum Gasteiger partial charge on any atom is 0.203 e. The third-order valence-corrected chi connectivity index (χ3v) is 2.89. The summed E-state index contributed by atoms with van der Waals surface area (Å²) in [4.78, 5) is 11.9. The summed E-state index contributed by atoms with van der Waals surface area (Å²) < 4.78 is 18.6. The zero-order valence-electron chi connectivity index (χ0n) is 8.50. The Morgan fingerprint density at radius 2 is 2.25 bits per heavy atom. The van der Waals surface area contributed by atoms with Crippen LogP contribution in [-0.4, -0.2) is 18.9 Å². The molecule has 0 amide bonds. The van der Waals surface area contributed by atoms with Gasteiger partial charge in [0.15, 0.2) is 17.2 Å². The van der Waals surface area contributed by atoms with E-state index in [4.69, 9.17) is 4.42 Å². The van der Waals surface area contributed by atoms with Crippen LogP contribution < -0.4 is 5.32 Å². The van der Waals surface area contributed by atoms with Crippen LogP contribution >= 0.6 is 0 Å². The number of fused-ring (bicyclic) bond motifs is 1. The van der Waals surface area contributed by atoms with Gasteiger partial charge >= 0.3 is 0 Å². The zero-order valence-corrected chi connectivity index (χ0v) is 8.50. The molecule has 3 nitrogen and oxygen atoms in total. The van der Waals surface area contributed by atoms with Crippen LogP contribution in [0.25, 0.3) is 11.0 Å². The van der Waals surface area contributed by atoms with E-state index in [0.717, 1.165) is 0 Å². The van der Waals surface area contributed by atoms with Crippen molar-refractivity contribution in [3.05, 3.63) is 35.8 Å². The Bertz CT molecular complexity index is 557. The van der Waals surface area contributed by atoms with Gasteiger partial charge in [0.05, 0.1) is 5.92 Å². The number of rotatable bonds is 2. The Kier molecular flexibility index (Phi) is 2.04. The van der Waals surface area contributed by atoms with Crippen LogP contribution in [-0.2, 0) is 0 Å². The molecule has 1 N–H and O–H groups in total. The van der Waals surface area contributed by atoms with Crippen LogP contribution in [0.2, 0.25) is 0 Å². The fraction of sp³-hybridized carbons (Fsp3) is 0.250. The average molecular weight is 219 g/mol. The number of Topliss-reactive ketones (excluding diaryl/α,β-unsaturated/α-hetero) is 1. The van der Waals surface area contributed by atoms with E-state index < -0.39 is 5.82 Å². The molecule has 0 spiro atoms. The molecule has 0 aliphatic carbocycles. The van der Waals surface area contributed by atoms with Gasteiger partial charge < -0.3 is 9.73 Å². The summed E-state index contributed by atoms with van der Waals surface area (Å²) in [6.45, 7) is 1.36. The summed E-state index contributed by atoms with van der Waals surface area (Å²) in [5.74, 6) is -0.243. The van der Waals surface area contributed by atoms with Crippen LogP contribution in [0, 0.1) is 11.7 Å². The molecule has 2 heterocycles. The van der Waals surface area contributed by atoms with E-state index in [0.29, 0.717) is 18.5 Å². The molecule has 1 aliphatic heterocycles. The second kappa shape index (κ2) is 3.42. The molecular weight excluding hydrogens is 209 g/mol. The quantitative estimate of drug-likeness (QED) is 0.785. The molecule has 2 aromatic rings. The summed E-state index contributed by atoms with van der Waals surface area (Å²) in [6, 6.07) is 6.27. The fourth-order valence-corrected chi connectivity index (χ4v) is 1.82. The lowest BCUT2D eigenvalue weighted by Crippen LogP contribution is -2.46. The highest BCUT2D eigenvalue weighted by molar-refractivity contribution is 5.99. The van der Waals surface area contributed by atoms with Gasteiger partial charge in [-0.2, -0.15) is 0 Å². The van der Waals surface area contributed by atoms with Crippen LogP contribution in [0.15, 0.2) is 28.7 Å². The molecule has 1 fully saturated rings. The van der Waals surface area contributed by atoms with E-state index in [1.165, 1.54) is 6.07 Å². The summed E-state index contributed by atoms with van der Waals surface area (Å²) >= 11 is 0. The molecule has 82 valence electrons. The van der Waals surface area contributed by atoms with E-state index in [2.05, 4.69) is 5.32 Å². The van der Waals surface area contributed by atoms with E-state index in [1.807, 2.05) is 0 Å². The molecule has 0 atom stereocenters. The summed E-state index contributed by atoms with van der Waals surface area (Å²) in [5, 5.41) is 3.66. The predicted octanol–water partition coefficient (Wildman–Crippen LogP) is 1.97. The lowest BCUT2D eigenvalue weighted by atomic mass is 9.96. The number of carbonyl (C=O) groups is 1. The standard InChI is InChI=1S/C12H10FNO2/c13-9-3-1-2-7-4-10(16-12(7)9)11(15)8-5-14-6-8/h1-4,8,14H,5-6H2. The molecule has 0 bridgehead atoms. The van der Waals surface area contributed by atoms with Gasteiger partial charge in [0.2, 0.25) is 5.78 Å². The van der Waals surface area contributed by atoms with Crippen molar-refractivity contribution in [1.82, 2.24) is 5.32 Å². The van der Waals surface area contributed by atoms with Crippen LogP contribution in [0.5, 0.6) is 0 Å². The highest BCUT2D eigenvalue weighted by Crippen LogP contribution is 2.24. The van der Waals surface area contributed by atoms with Gasteiger partial charge in [0.1, 0.15) is 0 Å². The Labute approximate surface area is 91.2 Å². The molecule has 4 heteroatoms. The second-order valence-corrected chi connectivity index (χ2v) is 3.99. The summed E-state index contributed by atoms with van der Waals surface area (Å²) in [5.41, 5.74) is 0.165. The van der Waals surface area contributed by atoms with Crippen molar-refractivity contribution in [2.24, 2.45) is 5.92 Å². The maximum absolute atomic E-state index is 13.3. The third kappa shape index (κ3) is 1.34. The van der Waals surface area contributed by atoms with Gasteiger partial charge in [-0.25, -0.2) is 4.39 Å². The SMILES string of the molecule is O=C(c1cc2cccc(F)c2o1)C1CNC1. The minimum atomic E-state index is -0.428.